The summed E-state index contributed by atoms with van der Waals surface area (Å²) in [6, 6.07) is 11.0. The van der Waals surface area contributed by atoms with Gasteiger partial charge in [0.05, 0.1) is 5.41 Å². The molecule has 1 aliphatic carbocycles. The first-order chi connectivity index (χ1) is 11.3. The van der Waals surface area contributed by atoms with Crippen molar-refractivity contribution in [1.29, 1.82) is 0 Å². The normalized spacial score (nSPS) is 30.2. The van der Waals surface area contributed by atoms with Crippen molar-refractivity contribution in [3.8, 4) is 0 Å². The maximum absolute atomic E-state index is 2.69. The van der Waals surface area contributed by atoms with E-state index in [0.717, 1.165) is 6.54 Å². The summed E-state index contributed by atoms with van der Waals surface area (Å²) in [6.45, 7) is 14.4. The Kier molecular flexibility index (Phi) is 4.73. The van der Waals surface area contributed by atoms with E-state index in [-0.39, 0.29) is 0 Å². The summed E-state index contributed by atoms with van der Waals surface area (Å²) in [5.41, 5.74) is 5.40. The summed E-state index contributed by atoms with van der Waals surface area (Å²) in [6.07, 6.45) is 7.74. The maximum atomic E-state index is 2.69. The fraction of sp³-hybridized carbons (Fsp3) is 0.609. The zero-order valence-electron chi connectivity index (χ0n) is 16.2. The lowest BCUT2D eigenvalue weighted by molar-refractivity contribution is -0.548. The molecule has 0 amide bonds. The van der Waals surface area contributed by atoms with Crippen LogP contribution in [0.5, 0.6) is 0 Å². The fourth-order valence-electron chi connectivity index (χ4n) is 5.07. The van der Waals surface area contributed by atoms with Crippen molar-refractivity contribution in [1.82, 2.24) is 0 Å². The number of hydrogen-bond acceptors (Lipinski definition) is 0. The molecule has 0 unspecified atom stereocenters. The van der Waals surface area contributed by atoms with Crippen LogP contribution in [-0.2, 0) is 6.54 Å². The van der Waals surface area contributed by atoms with Crippen LogP contribution in [0.15, 0.2) is 42.0 Å². The molecule has 1 nitrogen and oxygen atoms in total. The maximum Gasteiger partial charge on any atom is 0.168 e. The summed E-state index contributed by atoms with van der Waals surface area (Å²) in [4.78, 5) is 0. The highest BCUT2D eigenvalue weighted by Gasteiger charge is 2.49. The third-order valence-electron chi connectivity index (χ3n) is 6.64. The molecule has 0 radical (unpaired) electrons. The van der Waals surface area contributed by atoms with Crippen LogP contribution in [0.1, 0.15) is 65.9 Å². The van der Waals surface area contributed by atoms with Gasteiger partial charge in [-0.05, 0) is 37.5 Å². The number of hydrogen-bond donors (Lipinski definition) is 0. The number of benzene rings is 1. The zero-order chi connectivity index (χ0) is 17.4. The van der Waals surface area contributed by atoms with Gasteiger partial charge in [0, 0.05) is 18.9 Å². The van der Waals surface area contributed by atoms with Crippen molar-refractivity contribution in [2.24, 2.45) is 16.7 Å². The van der Waals surface area contributed by atoms with Gasteiger partial charge in [0.25, 0.3) is 0 Å². The predicted molar refractivity (Wildman–Crippen MR) is 104 cm³/mol. The van der Waals surface area contributed by atoms with Crippen molar-refractivity contribution in [2.75, 3.05) is 6.54 Å². The van der Waals surface area contributed by atoms with Gasteiger partial charge in [-0.2, -0.15) is 0 Å². The van der Waals surface area contributed by atoms with Crippen LogP contribution < -0.4 is 0 Å². The molecule has 130 valence electrons. The smallest absolute Gasteiger partial charge is 0.168 e. The van der Waals surface area contributed by atoms with Crippen LogP contribution >= 0.6 is 0 Å². The second-order valence-electron chi connectivity index (χ2n) is 9.04. The van der Waals surface area contributed by atoms with E-state index in [4.69, 9.17) is 0 Å². The van der Waals surface area contributed by atoms with Crippen molar-refractivity contribution in [3.05, 3.63) is 47.5 Å². The largest absolute Gasteiger partial charge is 0.232 e. The lowest BCUT2D eigenvalue weighted by Gasteiger charge is -2.42. The second kappa shape index (κ2) is 6.50. The Morgan fingerprint density at radius 2 is 1.79 bits per heavy atom. The first-order valence-corrected chi connectivity index (χ1v) is 9.63. The molecule has 0 saturated carbocycles. The van der Waals surface area contributed by atoms with Gasteiger partial charge in [-0.1, -0.05) is 62.8 Å². The average Bonchev–Trinajstić information content (AvgIpc) is 2.63. The summed E-state index contributed by atoms with van der Waals surface area (Å²) in [5.74, 6) is 0.641. The average molecular weight is 325 g/mol. The van der Waals surface area contributed by atoms with Gasteiger partial charge in [0.15, 0.2) is 12.3 Å². The fourth-order valence-corrected chi connectivity index (χ4v) is 5.07. The molecule has 1 heterocycles. The Morgan fingerprint density at radius 1 is 1.08 bits per heavy atom. The summed E-state index contributed by atoms with van der Waals surface area (Å²) in [5, 5.41) is 0. The van der Waals surface area contributed by atoms with Gasteiger partial charge in [-0.25, -0.2) is 4.58 Å². The summed E-state index contributed by atoms with van der Waals surface area (Å²) < 4.78 is 2.69. The molecular formula is C23H34N+. The van der Waals surface area contributed by atoms with Crippen molar-refractivity contribution >= 4 is 5.71 Å². The van der Waals surface area contributed by atoms with Crippen molar-refractivity contribution in [3.63, 3.8) is 0 Å². The topological polar surface area (TPSA) is 3.01 Å². The highest BCUT2D eigenvalue weighted by molar-refractivity contribution is 5.84. The predicted octanol–water partition coefficient (Wildman–Crippen LogP) is 5.84. The third kappa shape index (κ3) is 3.36. The molecule has 0 saturated heterocycles. The standard InChI is InChI=1S/C23H34N/c1-18-11-12-23(19(2)15-18)17-22(4,5)13-14-24(20(23)3)16-21-9-7-6-8-10-21/h6-10,15,19H,11-14,16-17H2,1-5H3/q+1/t19-,23-/m1/s1. The van der Waals surface area contributed by atoms with Gasteiger partial charge < -0.3 is 0 Å². The van der Waals surface area contributed by atoms with Crippen molar-refractivity contribution < 1.29 is 4.58 Å². The van der Waals surface area contributed by atoms with Crippen LogP contribution in [-0.4, -0.2) is 16.8 Å². The van der Waals surface area contributed by atoms with Gasteiger partial charge in [0.2, 0.25) is 0 Å². The van der Waals surface area contributed by atoms with E-state index in [0.29, 0.717) is 16.7 Å². The Morgan fingerprint density at radius 3 is 2.46 bits per heavy atom. The molecule has 1 heteroatoms. The molecule has 1 aromatic rings. The summed E-state index contributed by atoms with van der Waals surface area (Å²) in [7, 11) is 0. The zero-order valence-corrected chi connectivity index (χ0v) is 16.2. The first-order valence-electron chi connectivity index (χ1n) is 9.63. The number of nitrogens with zero attached hydrogens (tertiary/aromatic N) is 1. The Labute approximate surface area is 148 Å². The molecule has 2 aliphatic rings. The van der Waals surface area contributed by atoms with Crippen LogP contribution in [0, 0.1) is 16.7 Å². The number of rotatable bonds is 2. The monoisotopic (exact) mass is 324 g/mol. The van der Waals surface area contributed by atoms with Gasteiger partial charge in [0.1, 0.15) is 6.54 Å². The van der Waals surface area contributed by atoms with E-state index in [9.17, 15) is 0 Å². The first kappa shape index (κ1) is 17.5. The molecule has 3 rings (SSSR count). The molecule has 1 spiro atoms. The minimum Gasteiger partial charge on any atom is -0.232 e. The van der Waals surface area contributed by atoms with E-state index < -0.39 is 0 Å². The minimum atomic E-state index is 0.342. The molecule has 0 N–H and O–H groups in total. The van der Waals surface area contributed by atoms with Crippen LogP contribution in [0.25, 0.3) is 0 Å². The molecule has 0 aromatic heterocycles. The van der Waals surface area contributed by atoms with Crippen molar-refractivity contribution in [2.45, 2.75) is 66.8 Å². The minimum absolute atomic E-state index is 0.342. The molecular weight excluding hydrogens is 290 g/mol. The van der Waals surface area contributed by atoms with Crippen LogP contribution in [0.4, 0.5) is 0 Å². The highest BCUT2D eigenvalue weighted by atomic mass is 15.0. The highest BCUT2D eigenvalue weighted by Crippen LogP contribution is 2.50. The molecule has 2 atom stereocenters. The third-order valence-corrected chi connectivity index (χ3v) is 6.64. The quantitative estimate of drug-likeness (QED) is 0.475. The summed E-state index contributed by atoms with van der Waals surface area (Å²) >= 11 is 0. The second-order valence-corrected chi connectivity index (χ2v) is 9.04. The van der Waals surface area contributed by atoms with Gasteiger partial charge in [-0.3, -0.25) is 0 Å². The molecule has 24 heavy (non-hydrogen) atoms. The van der Waals surface area contributed by atoms with E-state index in [1.54, 1.807) is 11.3 Å². The molecule has 1 aliphatic heterocycles. The van der Waals surface area contributed by atoms with Crippen LogP contribution in [0.2, 0.25) is 0 Å². The van der Waals surface area contributed by atoms with Crippen LogP contribution in [0.3, 0.4) is 0 Å². The Bertz CT molecular complexity index is 650. The van der Waals surface area contributed by atoms with E-state index in [1.807, 2.05) is 0 Å². The van der Waals surface area contributed by atoms with E-state index >= 15 is 0 Å². The lowest BCUT2D eigenvalue weighted by Crippen LogP contribution is -2.42. The SMILES string of the molecule is CC1=C[C@@H](C)[C@@]2(CC1)CC(C)(C)CC[N+](Cc1ccccc1)=C2C. The Hall–Kier alpha value is -1.37. The number of allylic oxidation sites excluding steroid dienone is 2. The van der Waals surface area contributed by atoms with E-state index in [2.05, 4.69) is 75.6 Å². The molecule has 0 bridgehead atoms. The van der Waals surface area contributed by atoms with Gasteiger partial charge >= 0.3 is 0 Å². The van der Waals surface area contributed by atoms with E-state index in [1.165, 1.54) is 37.8 Å². The molecule has 0 fully saturated rings. The Balaban J connectivity index is 2.02. The lowest BCUT2D eigenvalue weighted by atomic mass is 9.59. The molecule has 1 aromatic carbocycles. The van der Waals surface area contributed by atoms with Gasteiger partial charge in [-0.15, -0.1) is 0 Å².